The van der Waals surface area contributed by atoms with Gasteiger partial charge in [-0.3, -0.25) is 4.90 Å². The number of hydrogen-bond donors (Lipinski definition) is 1. The third-order valence-electron chi connectivity index (χ3n) is 4.75. The molecule has 0 amide bonds. The fourth-order valence-corrected chi connectivity index (χ4v) is 2.92. The molecule has 2 nitrogen and oxygen atoms in total. The third kappa shape index (κ3) is 3.58. The zero-order valence-corrected chi connectivity index (χ0v) is 13.2. The van der Waals surface area contributed by atoms with E-state index in [1.807, 2.05) is 13.0 Å². The van der Waals surface area contributed by atoms with E-state index in [9.17, 15) is 4.39 Å². The Kier molecular flexibility index (Phi) is 4.82. The number of rotatable bonds is 4. The predicted octanol–water partition coefficient (Wildman–Crippen LogP) is 3.14. The summed E-state index contributed by atoms with van der Waals surface area (Å²) in [5.41, 5.74) is 2.55. The molecule has 1 heterocycles. The molecule has 1 saturated heterocycles. The smallest absolute Gasteiger partial charge is 0.123 e. The zero-order valence-electron chi connectivity index (χ0n) is 13.2. The topological polar surface area (TPSA) is 15.3 Å². The summed E-state index contributed by atoms with van der Waals surface area (Å²) in [7, 11) is 0. The number of aryl methyl sites for hydroxylation is 1. The summed E-state index contributed by atoms with van der Waals surface area (Å²) in [5, 5.41) is 3.65. The molecule has 20 heavy (non-hydrogen) atoms. The van der Waals surface area contributed by atoms with Crippen LogP contribution in [0, 0.1) is 12.7 Å². The second kappa shape index (κ2) is 6.23. The number of benzene rings is 1. The molecular weight excluding hydrogens is 251 g/mol. The van der Waals surface area contributed by atoms with Crippen LogP contribution in [0.2, 0.25) is 0 Å². The van der Waals surface area contributed by atoms with E-state index in [2.05, 4.69) is 31.0 Å². The van der Waals surface area contributed by atoms with Gasteiger partial charge in [0.15, 0.2) is 0 Å². The first-order chi connectivity index (χ1) is 9.43. The summed E-state index contributed by atoms with van der Waals surface area (Å²) in [4.78, 5) is 2.56. The van der Waals surface area contributed by atoms with Crippen LogP contribution >= 0.6 is 0 Å². The van der Waals surface area contributed by atoms with E-state index in [0.29, 0.717) is 6.04 Å². The number of hydrogen-bond acceptors (Lipinski definition) is 2. The van der Waals surface area contributed by atoms with Crippen molar-refractivity contribution < 1.29 is 4.39 Å². The van der Waals surface area contributed by atoms with Crippen molar-refractivity contribution in [2.24, 2.45) is 0 Å². The number of piperazine rings is 1. The lowest BCUT2D eigenvalue weighted by molar-refractivity contribution is 0.0943. The second-order valence-electron chi connectivity index (χ2n) is 6.44. The van der Waals surface area contributed by atoms with Crippen molar-refractivity contribution in [3.8, 4) is 0 Å². The van der Waals surface area contributed by atoms with Crippen molar-refractivity contribution in [2.75, 3.05) is 19.6 Å². The van der Waals surface area contributed by atoms with Crippen LogP contribution < -0.4 is 5.32 Å². The Morgan fingerprint density at radius 3 is 2.85 bits per heavy atom. The van der Waals surface area contributed by atoms with Crippen LogP contribution in [0.3, 0.4) is 0 Å². The summed E-state index contributed by atoms with van der Waals surface area (Å²) < 4.78 is 13.1. The molecule has 1 aliphatic rings. The normalized spacial score (nSPS) is 27.8. The van der Waals surface area contributed by atoms with Crippen molar-refractivity contribution in [1.82, 2.24) is 10.2 Å². The Morgan fingerprint density at radius 2 is 2.20 bits per heavy atom. The van der Waals surface area contributed by atoms with Crippen molar-refractivity contribution in [3.05, 3.63) is 35.1 Å². The van der Waals surface area contributed by atoms with E-state index in [0.717, 1.165) is 38.0 Å². The number of nitrogens with one attached hydrogen (secondary N) is 1. The van der Waals surface area contributed by atoms with Crippen LogP contribution in [-0.2, 0) is 6.42 Å². The van der Waals surface area contributed by atoms with Gasteiger partial charge >= 0.3 is 0 Å². The molecule has 0 radical (unpaired) electrons. The maximum absolute atomic E-state index is 13.1. The van der Waals surface area contributed by atoms with E-state index < -0.39 is 0 Å². The van der Waals surface area contributed by atoms with Crippen LogP contribution in [0.15, 0.2) is 18.2 Å². The molecule has 3 heteroatoms. The van der Waals surface area contributed by atoms with Crippen LogP contribution in [-0.4, -0.2) is 36.1 Å². The molecule has 1 fully saturated rings. The predicted molar refractivity (Wildman–Crippen MR) is 82.6 cm³/mol. The minimum absolute atomic E-state index is 0.139. The van der Waals surface area contributed by atoms with Gasteiger partial charge in [-0.2, -0.15) is 0 Å². The maximum atomic E-state index is 13.1. The van der Waals surface area contributed by atoms with Crippen LogP contribution in [0.1, 0.15) is 38.3 Å². The SMILES string of the molecule is CCC1(C)CN(CCc2ccc(F)cc2C)C(C)CN1. The summed E-state index contributed by atoms with van der Waals surface area (Å²) in [6.07, 6.45) is 2.14. The molecule has 2 unspecified atom stereocenters. The molecule has 2 atom stereocenters. The molecule has 1 aliphatic heterocycles. The number of halogens is 1. The first kappa shape index (κ1) is 15.5. The lowest BCUT2D eigenvalue weighted by atomic mass is 9.93. The highest BCUT2D eigenvalue weighted by Crippen LogP contribution is 2.19. The lowest BCUT2D eigenvalue weighted by Crippen LogP contribution is -2.62. The Labute approximate surface area is 122 Å². The molecule has 0 saturated carbocycles. The zero-order chi connectivity index (χ0) is 14.8. The lowest BCUT2D eigenvalue weighted by Gasteiger charge is -2.45. The average Bonchev–Trinajstić information content (AvgIpc) is 2.42. The van der Waals surface area contributed by atoms with Crippen molar-refractivity contribution in [3.63, 3.8) is 0 Å². The molecule has 0 aliphatic carbocycles. The fraction of sp³-hybridized carbons (Fsp3) is 0.647. The van der Waals surface area contributed by atoms with E-state index in [1.54, 1.807) is 12.1 Å². The highest BCUT2D eigenvalue weighted by Gasteiger charge is 2.32. The van der Waals surface area contributed by atoms with E-state index in [-0.39, 0.29) is 11.4 Å². The highest BCUT2D eigenvalue weighted by molar-refractivity contribution is 5.26. The van der Waals surface area contributed by atoms with Gasteiger partial charge in [-0.1, -0.05) is 13.0 Å². The molecule has 2 rings (SSSR count). The fourth-order valence-electron chi connectivity index (χ4n) is 2.92. The average molecular weight is 278 g/mol. The molecular formula is C17H27FN2. The van der Waals surface area contributed by atoms with E-state index in [1.165, 1.54) is 5.56 Å². The largest absolute Gasteiger partial charge is 0.309 e. The highest BCUT2D eigenvalue weighted by atomic mass is 19.1. The van der Waals surface area contributed by atoms with Gasteiger partial charge in [-0.25, -0.2) is 4.39 Å². The molecule has 1 aromatic rings. The molecule has 112 valence electrons. The maximum Gasteiger partial charge on any atom is 0.123 e. The molecule has 0 aromatic heterocycles. The summed E-state index contributed by atoms with van der Waals surface area (Å²) >= 11 is 0. The monoisotopic (exact) mass is 278 g/mol. The van der Waals surface area contributed by atoms with Gasteiger partial charge in [0.05, 0.1) is 0 Å². The summed E-state index contributed by atoms with van der Waals surface area (Å²) in [6, 6.07) is 5.69. The summed E-state index contributed by atoms with van der Waals surface area (Å²) in [6.45, 7) is 12.0. The van der Waals surface area contributed by atoms with E-state index in [4.69, 9.17) is 0 Å². The minimum Gasteiger partial charge on any atom is -0.309 e. The first-order valence-electron chi connectivity index (χ1n) is 7.67. The Morgan fingerprint density at radius 1 is 1.45 bits per heavy atom. The van der Waals surface area contributed by atoms with Gasteiger partial charge in [-0.15, -0.1) is 0 Å². The standard InChI is InChI=1S/C17H27FN2/c1-5-17(4)12-20(14(3)11-19-17)9-8-15-6-7-16(18)10-13(15)2/h6-7,10,14,19H,5,8-9,11-12H2,1-4H3. The van der Waals surface area contributed by atoms with E-state index >= 15 is 0 Å². The van der Waals surface area contributed by atoms with Gasteiger partial charge in [0.2, 0.25) is 0 Å². The van der Waals surface area contributed by atoms with Gasteiger partial charge in [0.25, 0.3) is 0 Å². The molecule has 1 aromatic carbocycles. The summed E-state index contributed by atoms with van der Waals surface area (Å²) in [5.74, 6) is -0.139. The quantitative estimate of drug-likeness (QED) is 0.910. The van der Waals surface area contributed by atoms with Gasteiger partial charge in [-0.05, 0) is 56.9 Å². The Hall–Kier alpha value is -0.930. The molecule has 0 spiro atoms. The van der Waals surface area contributed by atoms with Crippen molar-refractivity contribution >= 4 is 0 Å². The number of nitrogens with zero attached hydrogens (tertiary/aromatic N) is 1. The first-order valence-corrected chi connectivity index (χ1v) is 7.67. The van der Waals surface area contributed by atoms with Gasteiger partial charge in [0, 0.05) is 31.2 Å². The third-order valence-corrected chi connectivity index (χ3v) is 4.75. The second-order valence-corrected chi connectivity index (χ2v) is 6.44. The van der Waals surface area contributed by atoms with Crippen LogP contribution in [0.4, 0.5) is 4.39 Å². The molecule has 1 N–H and O–H groups in total. The van der Waals surface area contributed by atoms with Crippen molar-refractivity contribution in [1.29, 1.82) is 0 Å². The Bertz CT molecular complexity index is 460. The van der Waals surface area contributed by atoms with Crippen molar-refractivity contribution in [2.45, 2.75) is 52.1 Å². The van der Waals surface area contributed by atoms with Gasteiger partial charge < -0.3 is 5.32 Å². The minimum atomic E-state index is -0.139. The Balaban J connectivity index is 1.98. The van der Waals surface area contributed by atoms with Gasteiger partial charge in [0.1, 0.15) is 5.82 Å². The molecule has 0 bridgehead atoms. The van der Waals surface area contributed by atoms with Crippen LogP contribution in [0.25, 0.3) is 0 Å². The van der Waals surface area contributed by atoms with Crippen LogP contribution in [0.5, 0.6) is 0 Å².